The Morgan fingerprint density at radius 3 is 2.29 bits per heavy atom. The van der Waals surface area contributed by atoms with E-state index in [-0.39, 0.29) is 0 Å². The Labute approximate surface area is 104 Å². The molecule has 94 valence electrons. The lowest BCUT2D eigenvalue weighted by atomic mass is 9.79. The summed E-state index contributed by atoms with van der Waals surface area (Å²) in [6.07, 6.45) is 3.78. The minimum absolute atomic E-state index is 0.544. The van der Waals surface area contributed by atoms with Gasteiger partial charge in [0.25, 0.3) is 0 Å². The Morgan fingerprint density at radius 1 is 1.06 bits per heavy atom. The number of rotatable bonds is 2. The van der Waals surface area contributed by atoms with Gasteiger partial charge in [-0.3, -0.25) is 0 Å². The Morgan fingerprint density at radius 2 is 1.71 bits per heavy atom. The topological polar surface area (TPSA) is 37.8 Å². The van der Waals surface area contributed by atoms with E-state index >= 15 is 0 Å². The van der Waals surface area contributed by atoms with Crippen LogP contribution in [0.2, 0.25) is 0 Å². The first-order chi connectivity index (χ1) is 8.04. The molecule has 0 aromatic carbocycles. The molecule has 1 N–H and O–H groups in total. The molecule has 1 aromatic rings. The van der Waals surface area contributed by atoms with Crippen LogP contribution in [-0.2, 0) is 0 Å². The smallest absolute Gasteiger partial charge is 0.223 e. The van der Waals surface area contributed by atoms with Crippen molar-refractivity contribution < 1.29 is 0 Å². The number of anilines is 1. The van der Waals surface area contributed by atoms with E-state index in [1.807, 2.05) is 19.9 Å². The van der Waals surface area contributed by atoms with Crippen LogP contribution in [-0.4, -0.2) is 16.0 Å². The van der Waals surface area contributed by atoms with Gasteiger partial charge in [-0.2, -0.15) is 0 Å². The van der Waals surface area contributed by atoms with Crippen molar-refractivity contribution in [1.29, 1.82) is 0 Å². The Bertz CT molecular complexity index is 369. The number of aryl methyl sites for hydroxylation is 2. The second-order valence-electron chi connectivity index (χ2n) is 5.58. The van der Waals surface area contributed by atoms with Crippen molar-refractivity contribution in [3.8, 4) is 0 Å². The zero-order valence-corrected chi connectivity index (χ0v) is 11.3. The molecule has 1 heterocycles. The molecular weight excluding hydrogens is 210 g/mol. The lowest BCUT2D eigenvalue weighted by molar-refractivity contribution is 0.260. The van der Waals surface area contributed by atoms with E-state index in [1.165, 1.54) is 19.3 Å². The lowest BCUT2D eigenvalue weighted by Crippen LogP contribution is -2.31. The monoisotopic (exact) mass is 233 g/mol. The highest BCUT2D eigenvalue weighted by molar-refractivity contribution is 5.29. The van der Waals surface area contributed by atoms with E-state index in [4.69, 9.17) is 0 Å². The second-order valence-corrected chi connectivity index (χ2v) is 5.58. The van der Waals surface area contributed by atoms with Gasteiger partial charge in [-0.05, 0) is 51.0 Å². The molecule has 0 saturated heterocycles. The Kier molecular flexibility index (Phi) is 3.65. The summed E-state index contributed by atoms with van der Waals surface area (Å²) in [5.41, 5.74) is 2.08. The third-order valence-corrected chi connectivity index (χ3v) is 3.91. The zero-order chi connectivity index (χ0) is 12.4. The Hall–Kier alpha value is -1.12. The zero-order valence-electron chi connectivity index (χ0n) is 11.3. The van der Waals surface area contributed by atoms with E-state index in [9.17, 15) is 0 Å². The van der Waals surface area contributed by atoms with Crippen LogP contribution in [0, 0.1) is 25.7 Å². The molecule has 1 saturated carbocycles. The van der Waals surface area contributed by atoms with Crippen LogP contribution >= 0.6 is 0 Å². The minimum Gasteiger partial charge on any atom is -0.351 e. The third-order valence-electron chi connectivity index (χ3n) is 3.91. The normalized spacial score (nSPS) is 29.1. The van der Waals surface area contributed by atoms with Crippen molar-refractivity contribution >= 4 is 5.95 Å². The molecule has 0 aliphatic heterocycles. The summed E-state index contributed by atoms with van der Waals surface area (Å²) in [5.74, 6) is 2.45. The summed E-state index contributed by atoms with van der Waals surface area (Å²) < 4.78 is 0. The third kappa shape index (κ3) is 3.18. The van der Waals surface area contributed by atoms with Gasteiger partial charge >= 0.3 is 0 Å². The summed E-state index contributed by atoms with van der Waals surface area (Å²) >= 11 is 0. The van der Waals surface area contributed by atoms with Crippen molar-refractivity contribution in [3.63, 3.8) is 0 Å². The maximum Gasteiger partial charge on any atom is 0.223 e. The number of aromatic nitrogens is 2. The van der Waals surface area contributed by atoms with Gasteiger partial charge in [-0.1, -0.05) is 13.8 Å². The molecule has 3 nitrogen and oxygen atoms in total. The quantitative estimate of drug-likeness (QED) is 0.851. The number of hydrogen-bond acceptors (Lipinski definition) is 3. The minimum atomic E-state index is 0.544. The van der Waals surface area contributed by atoms with Crippen LogP contribution in [0.5, 0.6) is 0 Å². The first kappa shape index (κ1) is 12.3. The fourth-order valence-electron chi connectivity index (χ4n) is 2.65. The number of hydrogen-bond donors (Lipinski definition) is 1. The SMILES string of the molecule is Cc1cc(C)nc(NC2CCC(C)C(C)C2)n1. The molecule has 3 unspecified atom stereocenters. The molecule has 1 aromatic heterocycles. The molecule has 2 rings (SSSR count). The number of nitrogens with one attached hydrogen (secondary N) is 1. The van der Waals surface area contributed by atoms with Gasteiger partial charge in [-0.25, -0.2) is 9.97 Å². The van der Waals surface area contributed by atoms with E-state index in [1.54, 1.807) is 0 Å². The fraction of sp³-hybridized carbons (Fsp3) is 0.714. The van der Waals surface area contributed by atoms with Crippen LogP contribution in [0.3, 0.4) is 0 Å². The largest absolute Gasteiger partial charge is 0.351 e. The van der Waals surface area contributed by atoms with Crippen molar-refractivity contribution in [2.24, 2.45) is 11.8 Å². The molecule has 17 heavy (non-hydrogen) atoms. The first-order valence-electron chi connectivity index (χ1n) is 6.63. The van der Waals surface area contributed by atoms with Crippen LogP contribution in [0.15, 0.2) is 6.07 Å². The molecule has 1 aliphatic rings. The van der Waals surface area contributed by atoms with E-state index in [0.29, 0.717) is 6.04 Å². The van der Waals surface area contributed by atoms with Crippen LogP contribution in [0.1, 0.15) is 44.5 Å². The molecule has 1 fully saturated rings. The lowest BCUT2D eigenvalue weighted by Gasteiger charge is -2.32. The molecule has 0 spiro atoms. The van der Waals surface area contributed by atoms with Gasteiger partial charge in [0.2, 0.25) is 5.95 Å². The van der Waals surface area contributed by atoms with Crippen molar-refractivity contribution in [2.45, 2.75) is 53.0 Å². The molecule has 0 radical (unpaired) electrons. The van der Waals surface area contributed by atoms with E-state index in [0.717, 1.165) is 29.2 Å². The van der Waals surface area contributed by atoms with Crippen molar-refractivity contribution in [3.05, 3.63) is 17.5 Å². The molecule has 1 aliphatic carbocycles. The highest BCUT2D eigenvalue weighted by Crippen LogP contribution is 2.30. The first-order valence-corrected chi connectivity index (χ1v) is 6.63. The molecule has 3 heteroatoms. The summed E-state index contributed by atoms with van der Waals surface area (Å²) in [7, 11) is 0. The van der Waals surface area contributed by atoms with Gasteiger partial charge < -0.3 is 5.32 Å². The molecule has 3 atom stereocenters. The predicted octanol–water partition coefficient (Wildman–Crippen LogP) is 3.33. The average molecular weight is 233 g/mol. The highest BCUT2D eigenvalue weighted by Gasteiger charge is 2.24. The van der Waals surface area contributed by atoms with Gasteiger partial charge in [0, 0.05) is 17.4 Å². The van der Waals surface area contributed by atoms with Crippen molar-refractivity contribution in [2.75, 3.05) is 5.32 Å². The van der Waals surface area contributed by atoms with Crippen LogP contribution in [0.25, 0.3) is 0 Å². The maximum atomic E-state index is 4.45. The van der Waals surface area contributed by atoms with E-state index < -0.39 is 0 Å². The second kappa shape index (κ2) is 5.03. The molecular formula is C14H23N3. The van der Waals surface area contributed by atoms with Gasteiger partial charge in [-0.15, -0.1) is 0 Å². The molecule has 0 bridgehead atoms. The molecule has 0 amide bonds. The maximum absolute atomic E-state index is 4.45. The van der Waals surface area contributed by atoms with Gasteiger partial charge in [0.05, 0.1) is 0 Å². The Balaban J connectivity index is 2.01. The summed E-state index contributed by atoms with van der Waals surface area (Å²) in [5, 5.41) is 3.49. The number of nitrogens with zero attached hydrogens (tertiary/aromatic N) is 2. The highest BCUT2D eigenvalue weighted by atomic mass is 15.1. The summed E-state index contributed by atoms with van der Waals surface area (Å²) in [4.78, 5) is 8.90. The fourth-order valence-corrected chi connectivity index (χ4v) is 2.65. The van der Waals surface area contributed by atoms with Gasteiger partial charge in [0.1, 0.15) is 0 Å². The van der Waals surface area contributed by atoms with E-state index in [2.05, 4.69) is 29.1 Å². The van der Waals surface area contributed by atoms with Crippen LogP contribution < -0.4 is 5.32 Å². The van der Waals surface area contributed by atoms with Gasteiger partial charge in [0.15, 0.2) is 0 Å². The standard InChI is InChI=1S/C14H23N3/c1-9-5-6-13(7-10(9)2)17-14-15-11(3)8-12(4)16-14/h8-10,13H,5-7H2,1-4H3,(H,15,16,17). The van der Waals surface area contributed by atoms with Crippen LogP contribution in [0.4, 0.5) is 5.95 Å². The summed E-state index contributed by atoms with van der Waals surface area (Å²) in [6, 6.07) is 2.55. The predicted molar refractivity (Wildman–Crippen MR) is 71.1 cm³/mol. The summed E-state index contributed by atoms with van der Waals surface area (Å²) in [6.45, 7) is 8.74. The average Bonchev–Trinajstić information content (AvgIpc) is 2.22. The van der Waals surface area contributed by atoms with Crippen molar-refractivity contribution in [1.82, 2.24) is 9.97 Å².